The van der Waals surface area contributed by atoms with E-state index < -0.39 is 18.6 Å². The number of halogens is 1. The SMILES string of the molecule is N#Cc1cccc(COc2cc(OCc3cccc(-c4ccccc4)c3Br)ccc2CN[C@@H](CO)C(=O)O)c1. The predicted octanol–water partition coefficient (Wildman–Crippen LogP) is 5.68. The van der Waals surface area contributed by atoms with Gasteiger partial charge >= 0.3 is 5.97 Å². The summed E-state index contributed by atoms with van der Waals surface area (Å²) in [5.74, 6) is -0.0634. The summed E-state index contributed by atoms with van der Waals surface area (Å²) in [5, 5.41) is 30.6. The number of aliphatic hydroxyl groups is 1. The number of hydrogen-bond donors (Lipinski definition) is 3. The Morgan fingerprint density at radius 1 is 0.923 bits per heavy atom. The molecule has 39 heavy (non-hydrogen) atoms. The van der Waals surface area contributed by atoms with Crippen LogP contribution in [0.25, 0.3) is 11.1 Å². The second-order valence-corrected chi connectivity index (χ2v) is 9.55. The minimum absolute atomic E-state index is 0.163. The smallest absolute Gasteiger partial charge is 0.323 e. The minimum atomic E-state index is -1.14. The summed E-state index contributed by atoms with van der Waals surface area (Å²) in [6.07, 6.45) is 0. The number of carboxylic acids is 1. The molecule has 198 valence electrons. The molecular weight excluding hydrogens is 560 g/mol. The van der Waals surface area contributed by atoms with E-state index in [1.165, 1.54) is 0 Å². The number of aliphatic hydroxyl groups excluding tert-OH is 1. The van der Waals surface area contributed by atoms with Crippen molar-refractivity contribution in [1.82, 2.24) is 5.32 Å². The van der Waals surface area contributed by atoms with E-state index in [2.05, 4.69) is 45.5 Å². The van der Waals surface area contributed by atoms with E-state index in [1.807, 2.05) is 36.4 Å². The lowest BCUT2D eigenvalue weighted by Gasteiger charge is -2.17. The topological polar surface area (TPSA) is 112 Å². The van der Waals surface area contributed by atoms with E-state index in [0.29, 0.717) is 29.2 Å². The van der Waals surface area contributed by atoms with Gasteiger partial charge in [0.15, 0.2) is 0 Å². The van der Waals surface area contributed by atoms with Crippen molar-refractivity contribution >= 4 is 21.9 Å². The number of carboxylic acid groups (broad SMARTS) is 1. The zero-order chi connectivity index (χ0) is 27.6. The fraction of sp³-hybridized carbons (Fsp3) is 0.161. The van der Waals surface area contributed by atoms with Gasteiger partial charge in [-0.05, 0) is 50.8 Å². The molecule has 0 fully saturated rings. The maximum atomic E-state index is 11.3. The van der Waals surface area contributed by atoms with E-state index in [4.69, 9.17) is 9.47 Å². The molecule has 4 aromatic carbocycles. The molecule has 0 bridgehead atoms. The molecule has 0 amide bonds. The molecule has 0 heterocycles. The van der Waals surface area contributed by atoms with Crippen LogP contribution in [0.3, 0.4) is 0 Å². The average Bonchev–Trinajstić information content (AvgIpc) is 2.97. The summed E-state index contributed by atoms with van der Waals surface area (Å²) in [6.45, 7) is 0.147. The molecule has 1 atom stereocenters. The van der Waals surface area contributed by atoms with E-state index in [9.17, 15) is 20.3 Å². The van der Waals surface area contributed by atoms with Gasteiger partial charge in [0, 0.05) is 28.2 Å². The first-order valence-electron chi connectivity index (χ1n) is 12.3. The van der Waals surface area contributed by atoms with Gasteiger partial charge in [0.1, 0.15) is 30.8 Å². The van der Waals surface area contributed by atoms with Crippen LogP contribution in [-0.2, 0) is 24.6 Å². The number of nitriles is 1. The van der Waals surface area contributed by atoms with Crippen LogP contribution in [0.4, 0.5) is 0 Å². The highest BCUT2D eigenvalue weighted by Crippen LogP contribution is 2.32. The molecule has 0 aromatic heterocycles. The highest BCUT2D eigenvalue weighted by atomic mass is 79.9. The molecule has 0 unspecified atom stereocenters. The second kappa shape index (κ2) is 13.6. The Kier molecular flexibility index (Phi) is 9.70. The largest absolute Gasteiger partial charge is 0.489 e. The number of ether oxygens (including phenoxy) is 2. The minimum Gasteiger partial charge on any atom is -0.489 e. The second-order valence-electron chi connectivity index (χ2n) is 8.76. The standard InChI is InChI=1S/C31H27BrN2O5/c32-30-25(10-5-11-27(30)23-8-2-1-3-9-23)20-38-26-13-12-24(17-34-28(18-35)31(36)37)29(15-26)39-19-22-7-4-6-21(14-22)16-33/h1-15,28,34-35H,17-20H2,(H,36,37)/t28-/m0/s1. The highest BCUT2D eigenvalue weighted by molar-refractivity contribution is 9.10. The van der Waals surface area contributed by atoms with Crippen molar-refractivity contribution in [1.29, 1.82) is 5.26 Å². The Hall–Kier alpha value is -4.16. The van der Waals surface area contributed by atoms with Gasteiger partial charge in [-0.15, -0.1) is 0 Å². The van der Waals surface area contributed by atoms with Crippen LogP contribution >= 0.6 is 15.9 Å². The quantitative estimate of drug-likeness (QED) is 0.196. The third-order valence-electron chi connectivity index (χ3n) is 6.07. The maximum absolute atomic E-state index is 11.3. The molecule has 0 spiro atoms. The summed E-state index contributed by atoms with van der Waals surface area (Å²) in [6, 6.07) is 29.6. The van der Waals surface area contributed by atoms with Gasteiger partial charge in [-0.25, -0.2) is 0 Å². The Morgan fingerprint density at radius 3 is 2.46 bits per heavy atom. The summed E-state index contributed by atoms with van der Waals surface area (Å²) in [7, 11) is 0. The molecule has 0 saturated carbocycles. The van der Waals surface area contributed by atoms with Gasteiger partial charge in [-0.2, -0.15) is 5.26 Å². The zero-order valence-corrected chi connectivity index (χ0v) is 22.6. The van der Waals surface area contributed by atoms with Gasteiger partial charge in [-0.3, -0.25) is 10.1 Å². The van der Waals surface area contributed by atoms with Gasteiger partial charge in [0.25, 0.3) is 0 Å². The third-order valence-corrected chi connectivity index (χ3v) is 7.00. The molecule has 0 saturated heterocycles. The van der Waals surface area contributed by atoms with Gasteiger partial charge < -0.3 is 19.7 Å². The predicted molar refractivity (Wildman–Crippen MR) is 151 cm³/mol. The molecule has 0 radical (unpaired) electrons. The summed E-state index contributed by atoms with van der Waals surface area (Å²) < 4.78 is 13.2. The van der Waals surface area contributed by atoms with Crippen molar-refractivity contribution in [3.63, 3.8) is 0 Å². The van der Waals surface area contributed by atoms with Crippen LogP contribution in [0.5, 0.6) is 11.5 Å². The Morgan fingerprint density at radius 2 is 1.72 bits per heavy atom. The molecule has 0 aliphatic carbocycles. The maximum Gasteiger partial charge on any atom is 0.323 e. The molecule has 4 aromatic rings. The highest BCUT2D eigenvalue weighted by Gasteiger charge is 2.17. The van der Waals surface area contributed by atoms with Crippen LogP contribution in [0.15, 0.2) is 95.5 Å². The monoisotopic (exact) mass is 586 g/mol. The van der Waals surface area contributed by atoms with Crippen LogP contribution in [-0.4, -0.2) is 28.8 Å². The first-order valence-corrected chi connectivity index (χ1v) is 13.0. The lowest BCUT2D eigenvalue weighted by atomic mass is 10.0. The number of aliphatic carboxylic acids is 1. The fourth-order valence-electron chi connectivity index (χ4n) is 3.95. The molecule has 8 heteroatoms. The van der Waals surface area contributed by atoms with Crippen molar-refractivity contribution in [3.8, 4) is 28.7 Å². The normalized spacial score (nSPS) is 11.4. The number of hydrogen-bond acceptors (Lipinski definition) is 6. The van der Waals surface area contributed by atoms with E-state index in [1.54, 1.807) is 36.4 Å². The number of benzene rings is 4. The van der Waals surface area contributed by atoms with Crippen molar-refractivity contribution < 1.29 is 24.5 Å². The Labute approximate surface area is 235 Å². The molecule has 3 N–H and O–H groups in total. The number of nitrogens with zero attached hydrogens (tertiary/aromatic N) is 1. The Bertz CT molecular complexity index is 1470. The summed E-state index contributed by atoms with van der Waals surface area (Å²) in [5.41, 5.74) is 5.20. The average molecular weight is 587 g/mol. The number of carbonyl (C=O) groups is 1. The first kappa shape index (κ1) is 27.9. The van der Waals surface area contributed by atoms with Crippen molar-refractivity contribution in [2.45, 2.75) is 25.8 Å². The molecular formula is C31H27BrN2O5. The van der Waals surface area contributed by atoms with Crippen molar-refractivity contribution in [2.75, 3.05) is 6.61 Å². The van der Waals surface area contributed by atoms with Crippen LogP contribution in [0.2, 0.25) is 0 Å². The lowest BCUT2D eigenvalue weighted by molar-refractivity contribution is -0.140. The van der Waals surface area contributed by atoms with Crippen molar-refractivity contribution in [2.24, 2.45) is 0 Å². The van der Waals surface area contributed by atoms with Gasteiger partial charge in [0.05, 0.1) is 18.2 Å². The fourth-order valence-corrected chi connectivity index (χ4v) is 4.56. The first-order chi connectivity index (χ1) is 19.0. The van der Waals surface area contributed by atoms with Crippen LogP contribution in [0.1, 0.15) is 22.3 Å². The Balaban J connectivity index is 1.53. The lowest BCUT2D eigenvalue weighted by Crippen LogP contribution is -2.39. The van der Waals surface area contributed by atoms with E-state index in [-0.39, 0.29) is 13.2 Å². The molecule has 4 rings (SSSR count). The van der Waals surface area contributed by atoms with Gasteiger partial charge in [-0.1, -0.05) is 66.7 Å². The molecule has 0 aliphatic rings. The van der Waals surface area contributed by atoms with Crippen molar-refractivity contribution in [3.05, 3.63) is 118 Å². The number of nitrogens with one attached hydrogen (secondary N) is 1. The third kappa shape index (κ3) is 7.45. The summed E-state index contributed by atoms with van der Waals surface area (Å²) >= 11 is 3.73. The van der Waals surface area contributed by atoms with Crippen LogP contribution < -0.4 is 14.8 Å². The van der Waals surface area contributed by atoms with E-state index >= 15 is 0 Å². The zero-order valence-electron chi connectivity index (χ0n) is 21.0. The van der Waals surface area contributed by atoms with E-state index in [0.717, 1.165) is 26.7 Å². The molecule has 0 aliphatic heterocycles. The number of rotatable bonds is 12. The van der Waals surface area contributed by atoms with Gasteiger partial charge in [0.2, 0.25) is 0 Å². The molecule has 7 nitrogen and oxygen atoms in total. The summed E-state index contributed by atoms with van der Waals surface area (Å²) in [4.78, 5) is 11.3. The van der Waals surface area contributed by atoms with Crippen LogP contribution in [0, 0.1) is 11.3 Å².